The maximum Gasteiger partial charge on any atom is 0.410 e. The Bertz CT molecular complexity index is 530. The molecule has 1 aromatic heterocycles. The average Bonchev–Trinajstić information content (AvgIpc) is 2.91. The normalized spacial score (nSPS) is 18.7. The highest BCUT2D eigenvalue weighted by Crippen LogP contribution is 2.23. The van der Waals surface area contributed by atoms with Crippen LogP contribution >= 0.6 is 22.9 Å². The molecule has 0 aliphatic carbocycles. The van der Waals surface area contributed by atoms with Crippen LogP contribution < -0.4 is 0 Å². The molecule has 0 unspecified atom stereocenters. The summed E-state index contributed by atoms with van der Waals surface area (Å²) < 4.78 is 11.7. The number of rotatable bonds is 6. The second-order valence-electron chi connectivity index (χ2n) is 7.21. The Labute approximate surface area is 153 Å². The number of hydrogen-bond donors (Lipinski definition) is 0. The molecule has 2 heterocycles. The van der Waals surface area contributed by atoms with Gasteiger partial charge in [0.2, 0.25) is 0 Å². The van der Waals surface area contributed by atoms with Crippen LogP contribution in [-0.4, -0.2) is 41.3 Å². The molecular weight excluding hydrogens is 348 g/mol. The van der Waals surface area contributed by atoms with Crippen molar-refractivity contribution in [2.24, 2.45) is 5.92 Å². The van der Waals surface area contributed by atoms with E-state index in [0.717, 1.165) is 43.8 Å². The lowest BCUT2D eigenvalue weighted by atomic mass is 9.94. The van der Waals surface area contributed by atoms with Gasteiger partial charge in [-0.2, -0.15) is 0 Å². The number of carbonyl (C=O) groups excluding carboxylic acids is 1. The summed E-state index contributed by atoms with van der Waals surface area (Å²) in [5.74, 6) is 0.535. The minimum Gasteiger partial charge on any atom is -0.444 e. The number of halogens is 1. The number of amides is 1. The number of piperidine rings is 1. The van der Waals surface area contributed by atoms with Gasteiger partial charge in [0.05, 0.1) is 11.5 Å². The van der Waals surface area contributed by atoms with E-state index in [0.29, 0.717) is 17.0 Å². The molecule has 2 rings (SSSR count). The molecular formula is C17H27ClN2O3S. The van der Waals surface area contributed by atoms with Gasteiger partial charge in [0, 0.05) is 25.9 Å². The Hall–Kier alpha value is -0.850. The standard InChI is InChI=1S/C17H27ClN2O3S/c1-17(2,3)23-16(21)20-8-4-6-13(11-20)7-5-9-22-12-14-10-19-15(18)24-14/h10,13H,4-9,11-12H2,1-3H3/t13-/m1/s1. The molecule has 1 saturated heterocycles. The van der Waals surface area contributed by atoms with Gasteiger partial charge in [0.1, 0.15) is 5.60 Å². The van der Waals surface area contributed by atoms with Gasteiger partial charge in [-0.3, -0.25) is 0 Å². The number of thiazole rings is 1. The van der Waals surface area contributed by atoms with Crippen molar-refractivity contribution in [2.45, 2.75) is 58.7 Å². The predicted molar refractivity (Wildman–Crippen MR) is 96.5 cm³/mol. The average molecular weight is 375 g/mol. The zero-order chi connectivity index (χ0) is 17.6. The molecule has 24 heavy (non-hydrogen) atoms. The van der Waals surface area contributed by atoms with E-state index in [2.05, 4.69) is 4.98 Å². The minimum atomic E-state index is -0.433. The van der Waals surface area contributed by atoms with Crippen LogP contribution in [0.25, 0.3) is 0 Å². The molecule has 1 amide bonds. The fourth-order valence-electron chi connectivity index (χ4n) is 2.79. The molecule has 0 aromatic carbocycles. The Morgan fingerprint density at radius 1 is 1.50 bits per heavy atom. The quantitative estimate of drug-likeness (QED) is 0.675. The van der Waals surface area contributed by atoms with E-state index in [1.54, 1.807) is 6.20 Å². The predicted octanol–water partition coefficient (Wildman–Crippen LogP) is 4.74. The monoisotopic (exact) mass is 374 g/mol. The number of hydrogen-bond acceptors (Lipinski definition) is 5. The Kier molecular flexibility index (Phi) is 7.32. The summed E-state index contributed by atoms with van der Waals surface area (Å²) in [6.07, 6.45) is 5.86. The van der Waals surface area contributed by atoms with E-state index in [9.17, 15) is 4.79 Å². The first-order valence-electron chi connectivity index (χ1n) is 8.49. The molecule has 0 spiro atoms. The molecule has 1 aliphatic rings. The van der Waals surface area contributed by atoms with Crippen molar-refractivity contribution in [3.05, 3.63) is 15.5 Å². The minimum absolute atomic E-state index is 0.189. The van der Waals surface area contributed by atoms with Crippen LogP contribution in [0.5, 0.6) is 0 Å². The summed E-state index contributed by atoms with van der Waals surface area (Å²) in [7, 11) is 0. The lowest BCUT2D eigenvalue weighted by Gasteiger charge is -2.34. The molecule has 1 atom stereocenters. The molecule has 0 saturated carbocycles. The highest BCUT2D eigenvalue weighted by Gasteiger charge is 2.27. The maximum absolute atomic E-state index is 12.2. The number of nitrogens with zero attached hydrogens (tertiary/aromatic N) is 2. The van der Waals surface area contributed by atoms with Gasteiger partial charge in [-0.05, 0) is 52.4 Å². The van der Waals surface area contributed by atoms with Crippen molar-refractivity contribution >= 4 is 29.0 Å². The molecule has 1 aliphatic heterocycles. The SMILES string of the molecule is CC(C)(C)OC(=O)N1CCC[C@H](CCCOCc2cnc(Cl)s2)C1. The zero-order valence-corrected chi connectivity index (χ0v) is 16.3. The number of aromatic nitrogens is 1. The highest BCUT2D eigenvalue weighted by atomic mass is 35.5. The van der Waals surface area contributed by atoms with Gasteiger partial charge in [0.15, 0.2) is 4.47 Å². The Morgan fingerprint density at radius 3 is 2.96 bits per heavy atom. The molecule has 7 heteroatoms. The van der Waals surface area contributed by atoms with Crippen molar-refractivity contribution in [3.63, 3.8) is 0 Å². The zero-order valence-electron chi connectivity index (χ0n) is 14.7. The smallest absolute Gasteiger partial charge is 0.410 e. The van der Waals surface area contributed by atoms with Crippen molar-refractivity contribution in [1.82, 2.24) is 9.88 Å². The van der Waals surface area contributed by atoms with Crippen LogP contribution in [0, 0.1) is 5.92 Å². The summed E-state index contributed by atoms with van der Waals surface area (Å²) in [4.78, 5) is 19.0. The third kappa shape index (κ3) is 6.95. The molecule has 1 aromatic rings. The lowest BCUT2D eigenvalue weighted by molar-refractivity contribution is 0.0155. The summed E-state index contributed by atoms with van der Waals surface area (Å²) in [6, 6.07) is 0. The van der Waals surface area contributed by atoms with Gasteiger partial charge in [-0.1, -0.05) is 11.6 Å². The lowest BCUT2D eigenvalue weighted by Crippen LogP contribution is -2.42. The van der Waals surface area contributed by atoms with E-state index >= 15 is 0 Å². The molecule has 0 bridgehead atoms. The van der Waals surface area contributed by atoms with Crippen molar-refractivity contribution in [2.75, 3.05) is 19.7 Å². The first-order valence-corrected chi connectivity index (χ1v) is 9.69. The second-order valence-corrected chi connectivity index (χ2v) is 8.91. The van der Waals surface area contributed by atoms with Gasteiger partial charge in [-0.25, -0.2) is 9.78 Å². The van der Waals surface area contributed by atoms with Gasteiger partial charge < -0.3 is 14.4 Å². The third-order valence-corrected chi connectivity index (χ3v) is 4.93. The number of carbonyl (C=O) groups is 1. The van der Waals surface area contributed by atoms with Crippen LogP contribution in [0.3, 0.4) is 0 Å². The van der Waals surface area contributed by atoms with E-state index in [1.165, 1.54) is 17.8 Å². The highest BCUT2D eigenvalue weighted by molar-refractivity contribution is 7.15. The summed E-state index contributed by atoms with van der Waals surface area (Å²) in [6.45, 7) is 8.59. The molecule has 136 valence electrons. The van der Waals surface area contributed by atoms with Crippen molar-refractivity contribution < 1.29 is 14.3 Å². The molecule has 0 N–H and O–H groups in total. The van der Waals surface area contributed by atoms with E-state index < -0.39 is 5.60 Å². The first-order chi connectivity index (χ1) is 11.3. The Morgan fingerprint density at radius 2 is 2.29 bits per heavy atom. The fraction of sp³-hybridized carbons (Fsp3) is 0.765. The van der Waals surface area contributed by atoms with Crippen LogP contribution in [0.4, 0.5) is 4.79 Å². The van der Waals surface area contributed by atoms with Crippen LogP contribution in [0.1, 0.15) is 51.3 Å². The van der Waals surface area contributed by atoms with Gasteiger partial charge >= 0.3 is 6.09 Å². The Balaban J connectivity index is 1.63. The fourth-order valence-corrected chi connectivity index (χ4v) is 3.71. The van der Waals surface area contributed by atoms with E-state index in [-0.39, 0.29) is 6.09 Å². The van der Waals surface area contributed by atoms with Crippen LogP contribution in [-0.2, 0) is 16.1 Å². The summed E-state index contributed by atoms with van der Waals surface area (Å²) in [5.41, 5.74) is -0.433. The maximum atomic E-state index is 12.2. The van der Waals surface area contributed by atoms with Crippen molar-refractivity contribution in [1.29, 1.82) is 0 Å². The first kappa shape index (κ1) is 19.5. The summed E-state index contributed by atoms with van der Waals surface area (Å²) in [5, 5.41) is 0. The topological polar surface area (TPSA) is 51.7 Å². The number of likely N-dealkylation sites (tertiary alicyclic amines) is 1. The molecule has 0 radical (unpaired) electrons. The largest absolute Gasteiger partial charge is 0.444 e. The van der Waals surface area contributed by atoms with Crippen LogP contribution in [0.15, 0.2) is 6.20 Å². The number of ether oxygens (including phenoxy) is 2. The third-order valence-electron chi connectivity index (χ3n) is 3.84. The molecule has 5 nitrogen and oxygen atoms in total. The van der Waals surface area contributed by atoms with Gasteiger partial charge in [-0.15, -0.1) is 11.3 Å². The van der Waals surface area contributed by atoms with Crippen LogP contribution in [0.2, 0.25) is 4.47 Å². The summed E-state index contributed by atoms with van der Waals surface area (Å²) >= 11 is 7.24. The van der Waals surface area contributed by atoms with E-state index in [4.69, 9.17) is 21.1 Å². The van der Waals surface area contributed by atoms with Crippen molar-refractivity contribution in [3.8, 4) is 0 Å². The van der Waals surface area contributed by atoms with E-state index in [1.807, 2.05) is 25.7 Å². The van der Waals surface area contributed by atoms with Gasteiger partial charge in [0.25, 0.3) is 0 Å². The molecule has 1 fully saturated rings. The second kappa shape index (κ2) is 9.02.